The minimum Gasteiger partial charge on any atom is -0.479 e. The summed E-state index contributed by atoms with van der Waals surface area (Å²) in [4.78, 5) is 39.7. The van der Waals surface area contributed by atoms with Crippen molar-refractivity contribution < 1.29 is 29.1 Å². The second-order valence-electron chi connectivity index (χ2n) is 9.29. The standard InChI is InChI=1S/C26H32N2O6/c1-17(24(30)31)34-28-23(29)12-13-26(2,3)14-15-27-25(32)33-16-22-20-10-6-4-8-18(20)19-9-5-7-11-21(19)22/h4-11,17,22H,12-16H2,1-3H3,(H,27,32)(H,28,29)(H,30,31). The summed E-state index contributed by atoms with van der Waals surface area (Å²) in [5, 5.41) is 11.6. The molecule has 1 aliphatic rings. The Labute approximate surface area is 199 Å². The van der Waals surface area contributed by atoms with Crippen LogP contribution in [-0.2, 0) is 19.2 Å². The minimum atomic E-state index is -1.15. The van der Waals surface area contributed by atoms with Crippen LogP contribution in [0, 0.1) is 5.41 Å². The highest BCUT2D eigenvalue weighted by atomic mass is 16.7. The Hall–Kier alpha value is -3.39. The van der Waals surface area contributed by atoms with Gasteiger partial charge in [-0.2, -0.15) is 0 Å². The molecule has 0 bridgehead atoms. The van der Waals surface area contributed by atoms with Gasteiger partial charge in [-0.15, -0.1) is 0 Å². The lowest BCUT2D eigenvalue weighted by Crippen LogP contribution is -2.33. The summed E-state index contributed by atoms with van der Waals surface area (Å²) < 4.78 is 5.55. The largest absolute Gasteiger partial charge is 0.479 e. The third-order valence-corrected chi connectivity index (χ3v) is 6.14. The van der Waals surface area contributed by atoms with Crippen molar-refractivity contribution >= 4 is 18.0 Å². The molecule has 0 fully saturated rings. The van der Waals surface area contributed by atoms with E-state index in [1.165, 1.54) is 18.1 Å². The number of carboxylic acid groups (broad SMARTS) is 1. The topological polar surface area (TPSA) is 114 Å². The fourth-order valence-corrected chi connectivity index (χ4v) is 3.98. The maximum absolute atomic E-state index is 12.3. The highest BCUT2D eigenvalue weighted by molar-refractivity contribution is 5.79. The number of hydrogen-bond acceptors (Lipinski definition) is 5. The van der Waals surface area contributed by atoms with E-state index in [2.05, 4.69) is 35.1 Å². The normalized spacial score (nSPS) is 13.5. The lowest BCUT2D eigenvalue weighted by Gasteiger charge is -2.24. The van der Waals surface area contributed by atoms with E-state index in [1.807, 2.05) is 38.1 Å². The minimum absolute atomic E-state index is 0.0131. The third-order valence-electron chi connectivity index (χ3n) is 6.14. The van der Waals surface area contributed by atoms with Gasteiger partial charge in [-0.25, -0.2) is 15.1 Å². The van der Waals surface area contributed by atoms with Gasteiger partial charge in [0.2, 0.25) is 5.91 Å². The van der Waals surface area contributed by atoms with E-state index in [1.54, 1.807) is 0 Å². The first-order chi connectivity index (χ1) is 16.2. The van der Waals surface area contributed by atoms with Gasteiger partial charge in [0.1, 0.15) is 6.61 Å². The molecule has 2 aromatic carbocycles. The Morgan fingerprint density at radius 1 is 1.00 bits per heavy atom. The Kier molecular flexibility index (Phi) is 8.28. The maximum atomic E-state index is 12.3. The zero-order chi connectivity index (χ0) is 24.7. The quantitative estimate of drug-likeness (QED) is 0.425. The molecule has 8 nitrogen and oxygen atoms in total. The van der Waals surface area contributed by atoms with Crippen LogP contribution in [0.15, 0.2) is 48.5 Å². The van der Waals surface area contributed by atoms with Gasteiger partial charge in [0.15, 0.2) is 6.10 Å². The molecule has 3 N–H and O–H groups in total. The van der Waals surface area contributed by atoms with E-state index in [0.29, 0.717) is 19.4 Å². The Morgan fingerprint density at radius 2 is 1.59 bits per heavy atom. The molecule has 1 aliphatic carbocycles. The fraction of sp³-hybridized carbons (Fsp3) is 0.423. The monoisotopic (exact) mass is 468 g/mol. The predicted molar refractivity (Wildman–Crippen MR) is 127 cm³/mol. The molecule has 3 rings (SSSR count). The van der Waals surface area contributed by atoms with Crippen LogP contribution in [-0.4, -0.2) is 42.3 Å². The van der Waals surface area contributed by atoms with Gasteiger partial charge >= 0.3 is 12.1 Å². The molecule has 1 unspecified atom stereocenters. The van der Waals surface area contributed by atoms with Gasteiger partial charge in [0.05, 0.1) is 0 Å². The van der Waals surface area contributed by atoms with E-state index in [-0.39, 0.29) is 30.3 Å². The van der Waals surface area contributed by atoms with E-state index < -0.39 is 18.2 Å². The van der Waals surface area contributed by atoms with Crippen LogP contribution in [0.5, 0.6) is 0 Å². The molecule has 0 spiro atoms. The van der Waals surface area contributed by atoms with Crippen molar-refractivity contribution in [3.05, 3.63) is 59.7 Å². The number of hydroxylamine groups is 1. The predicted octanol–water partition coefficient (Wildman–Crippen LogP) is 4.24. The Morgan fingerprint density at radius 3 is 2.18 bits per heavy atom. The number of alkyl carbamates (subject to hydrolysis) is 1. The van der Waals surface area contributed by atoms with Crippen LogP contribution >= 0.6 is 0 Å². The summed E-state index contributed by atoms with van der Waals surface area (Å²) >= 11 is 0. The second kappa shape index (κ2) is 11.2. The zero-order valence-corrected chi connectivity index (χ0v) is 19.8. The molecule has 182 valence electrons. The van der Waals surface area contributed by atoms with Crippen molar-refractivity contribution in [2.24, 2.45) is 5.41 Å². The summed E-state index contributed by atoms with van der Waals surface area (Å²) in [6, 6.07) is 16.4. The molecule has 1 atom stereocenters. The third kappa shape index (κ3) is 6.57. The number of rotatable bonds is 11. The molecule has 0 aliphatic heterocycles. The summed E-state index contributed by atoms with van der Waals surface area (Å²) in [5.74, 6) is -1.52. The Bertz CT molecular complexity index is 990. The first-order valence-corrected chi connectivity index (χ1v) is 11.4. The van der Waals surface area contributed by atoms with E-state index in [9.17, 15) is 14.4 Å². The van der Waals surface area contributed by atoms with Crippen molar-refractivity contribution in [1.29, 1.82) is 0 Å². The summed E-state index contributed by atoms with van der Waals surface area (Å²) in [7, 11) is 0. The van der Waals surface area contributed by atoms with Gasteiger partial charge in [0.25, 0.3) is 0 Å². The van der Waals surface area contributed by atoms with Crippen molar-refractivity contribution in [3.8, 4) is 11.1 Å². The summed E-state index contributed by atoms with van der Waals surface area (Å²) in [6.07, 6.45) is -0.193. The van der Waals surface area contributed by atoms with Crippen LogP contribution in [0.1, 0.15) is 57.1 Å². The highest BCUT2D eigenvalue weighted by Crippen LogP contribution is 2.44. The number of carboxylic acids is 1. The highest BCUT2D eigenvalue weighted by Gasteiger charge is 2.29. The van der Waals surface area contributed by atoms with Crippen LogP contribution in [0.3, 0.4) is 0 Å². The lowest BCUT2D eigenvalue weighted by atomic mass is 9.84. The first-order valence-electron chi connectivity index (χ1n) is 11.4. The number of benzene rings is 2. The second-order valence-corrected chi connectivity index (χ2v) is 9.29. The first kappa shape index (κ1) is 25.2. The molecule has 0 aromatic heterocycles. The van der Waals surface area contributed by atoms with Gasteiger partial charge in [0, 0.05) is 18.9 Å². The van der Waals surface area contributed by atoms with E-state index >= 15 is 0 Å². The van der Waals surface area contributed by atoms with Gasteiger partial charge in [-0.05, 0) is 47.4 Å². The van der Waals surface area contributed by atoms with E-state index in [4.69, 9.17) is 14.7 Å². The van der Waals surface area contributed by atoms with E-state index in [0.717, 1.165) is 11.1 Å². The molecule has 34 heavy (non-hydrogen) atoms. The number of fused-ring (bicyclic) bond motifs is 3. The molecule has 0 saturated carbocycles. The molecule has 0 radical (unpaired) electrons. The SMILES string of the molecule is CC(ONC(=O)CCC(C)(C)CCNC(=O)OCC1c2ccccc2-c2ccccc21)C(=O)O. The van der Waals surface area contributed by atoms with Crippen LogP contribution in [0.4, 0.5) is 4.79 Å². The van der Waals surface area contributed by atoms with Crippen LogP contribution in [0.2, 0.25) is 0 Å². The molecule has 0 saturated heterocycles. The molecule has 2 aromatic rings. The van der Waals surface area contributed by atoms with Gasteiger partial charge in [-0.1, -0.05) is 62.4 Å². The Balaban J connectivity index is 1.40. The molecule has 8 heteroatoms. The van der Waals surface area contributed by atoms with Crippen molar-refractivity contribution in [3.63, 3.8) is 0 Å². The molecular formula is C26H32N2O6. The maximum Gasteiger partial charge on any atom is 0.407 e. The van der Waals surface area contributed by atoms with Crippen molar-refractivity contribution in [2.75, 3.05) is 13.2 Å². The summed E-state index contributed by atoms with van der Waals surface area (Å²) in [5.41, 5.74) is 6.63. The number of amides is 2. The van der Waals surface area contributed by atoms with Gasteiger partial charge < -0.3 is 15.2 Å². The van der Waals surface area contributed by atoms with Crippen LogP contribution < -0.4 is 10.8 Å². The fourth-order valence-electron chi connectivity index (χ4n) is 3.98. The average Bonchev–Trinajstić information content (AvgIpc) is 3.13. The van der Waals surface area contributed by atoms with Crippen molar-refractivity contribution in [1.82, 2.24) is 10.8 Å². The molecule has 2 amide bonds. The molecular weight excluding hydrogens is 436 g/mol. The number of carbonyl (C=O) groups excluding carboxylic acids is 2. The summed E-state index contributed by atoms with van der Waals surface area (Å²) in [6.45, 7) is 6.01. The van der Waals surface area contributed by atoms with Crippen molar-refractivity contribution in [2.45, 2.75) is 52.1 Å². The molecule has 0 heterocycles. The number of aliphatic carboxylic acids is 1. The number of nitrogens with one attached hydrogen (secondary N) is 2. The van der Waals surface area contributed by atoms with Gasteiger partial charge in [-0.3, -0.25) is 9.63 Å². The smallest absolute Gasteiger partial charge is 0.407 e. The lowest BCUT2D eigenvalue weighted by molar-refractivity contribution is -0.158. The number of hydrogen-bond donors (Lipinski definition) is 3. The number of ether oxygens (including phenoxy) is 1. The van der Waals surface area contributed by atoms with Crippen LogP contribution in [0.25, 0.3) is 11.1 Å². The average molecular weight is 469 g/mol. The number of carbonyl (C=O) groups is 3. The zero-order valence-electron chi connectivity index (χ0n) is 19.8.